The summed E-state index contributed by atoms with van der Waals surface area (Å²) in [5.41, 5.74) is 4.69. The van der Waals surface area contributed by atoms with Crippen LogP contribution in [0.1, 0.15) is 6.92 Å². The van der Waals surface area contributed by atoms with E-state index in [0.29, 0.717) is 0 Å². The molecule has 0 aromatic carbocycles. The van der Waals surface area contributed by atoms with Gasteiger partial charge in [0, 0.05) is 0 Å². The summed E-state index contributed by atoms with van der Waals surface area (Å²) >= 11 is 0. The number of nitrogens with one attached hydrogen (secondary N) is 1. The summed E-state index contributed by atoms with van der Waals surface area (Å²) in [5, 5.41) is 6.28. The Bertz CT molecular complexity index is 30.6. The van der Waals surface area contributed by atoms with Crippen molar-refractivity contribution < 1.29 is 17.1 Å². The fraction of sp³-hybridized carbons (Fsp3) is 0.500. The second-order valence-corrected chi connectivity index (χ2v) is 0.683. The van der Waals surface area contributed by atoms with Crippen LogP contribution in [0.25, 0.3) is 0 Å². The van der Waals surface area contributed by atoms with E-state index in [-0.39, 0.29) is 22.9 Å². The van der Waals surface area contributed by atoms with Crippen LogP contribution in [-0.2, 0) is 17.1 Å². The first-order valence-electron chi connectivity index (χ1n) is 1.04. The Hall–Kier alpha value is -0.0105. The molecule has 0 saturated carbocycles. The van der Waals surface area contributed by atoms with Gasteiger partial charge in [0.05, 0.1) is 5.84 Å². The minimum atomic E-state index is 0. The fourth-order valence-electron chi connectivity index (χ4n) is 0. The monoisotopic (exact) mass is 114 g/mol. The first kappa shape index (κ1) is 8.89. The van der Waals surface area contributed by atoms with Gasteiger partial charge in [-0.05, 0) is 6.92 Å². The quantitative estimate of drug-likeness (QED) is 0.258. The number of hydrogen-bond acceptors (Lipinski definition) is 1. The predicted molar refractivity (Wildman–Crippen MR) is 17.6 cm³/mol. The molecule has 0 aliphatic rings. The van der Waals surface area contributed by atoms with Gasteiger partial charge in [0.15, 0.2) is 0 Å². The Labute approximate surface area is 41.7 Å². The van der Waals surface area contributed by atoms with Crippen molar-refractivity contribution >= 4 is 5.84 Å². The molecule has 0 unspecified atom stereocenters. The van der Waals surface area contributed by atoms with Gasteiger partial charge in [-0.25, -0.2) is 0 Å². The molecule has 0 heterocycles. The number of hydrogen-bond donors (Lipinski definition) is 2. The molecule has 2 nitrogen and oxygen atoms in total. The third kappa shape index (κ3) is 143000. The first-order chi connectivity index (χ1) is 1.73. The SMILES string of the molecule is CC(=N)N.[Fe+2]. The summed E-state index contributed by atoms with van der Waals surface area (Å²) in [7, 11) is 0. The van der Waals surface area contributed by atoms with Gasteiger partial charge in [0.2, 0.25) is 0 Å². The zero-order valence-corrected chi connectivity index (χ0v) is 4.04. The van der Waals surface area contributed by atoms with E-state index in [4.69, 9.17) is 11.1 Å². The molecule has 3 N–H and O–H groups in total. The Kier molecular flexibility index (Phi) is 7.09. The zero-order valence-electron chi connectivity index (χ0n) is 2.93. The van der Waals surface area contributed by atoms with Gasteiger partial charge in [0.25, 0.3) is 0 Å². The van der Waals surface area contributed by atoms with Crippen LogP contribution in [-0.4, -0.2) is 5.84 Å². The molecule has 0 amide bonds. The molecule has 0 bridgehead atoms. The van der Waals surface area contributed by atoms with Crippen LogP contribution in [0.2, 0.25) is 0 Å². The van der Waals surface area contributed by atoms with Gasteiger partial charge >= 0.3 is 17.1 Å². The summed E-state index contributed by atoms with van der Waals surface area (Å²) in [5.74, 6) is 0.167. The van der Waals surface area contributed by atoms with Crippen LogP contribution < -0.4 is 5.73 Å². The number of nitrogens with two attached hydrogens (primary N) is 1. The molecule has 30 valence electrons. The summed E-state index contributed by atoms with van der Waals surface area (Å²) in [6, 6.07) is 0. The van der Waals surface area contributed by atoms with Crippen molar-refractivity contribution in [1.29, 1.82) is 5.41 Å². The molecule has 0 aromatic heterocycles. The van der Waals surface area contributed by atoms with Crippen LogP contribution in [0.15, 0.2) is 0 Å². The summed E-state index contributed by atoms with van der Waals surface area (Å²) < 4.78 is 0. The molecule has 0 aromatic rings. The van der Waals surface area contributed by atoms with E-state index >= 15 is 0 Å². The van der Waals surface area contributed by atoms with Crippen LogP contribution in [0.3, 0.4) is 0 Å². The van der Waals surface area contributed by atoms with Crippen molar-refractivity contribution in [2.45, 2.75) is 6.92 Å². The minimum absolute atomic E-state index is 0. The largest absolute Gasteiger partial charge is 2.00 e. The molecule has 5 heavy (non-hydrogen) atoms. The third-order valence-electron chi connectivity index (χ3n) is 0. The Balaban J connectivity index is 0. The topological polar surface area (TPSA) is 49.9 Å². The van der Waals surface area contributed by atoms with Crippen LogP contribution in [0, 0.1) is 5.41 Å². The molecule has 0 radical (unpaired) electrons. The second kappa shape index (κ2) is 3.99. The molecule has 0 atom stereocenters. The van der Waals surface area contributed by atoms with Crippen LogP contribution >= 0.6 is 0 Å². The zero-order chi connectivity index (χ0) is 3.58. The molecule has 0 saturated heterocycles. The second-order valence-electron chi connectivity index (χ2n) is 0.683. The van der Waals surface area contributed by atoms with Crippen molar-refractivity contribution in [1.82, 2.24) is 0 Å². The van der Waals surface area contributed by atoms with Crippen LogP contribution in [0.4, 0.5) is 0 Å². The molecular formula is C2H6FeN2+2. The van der Waals surface area contributed by atoms with Crippen molar-refractivity contribution in [3.05, 3.63) is 0 Å². The van der Waals surface area contributed by atoms with E-state index in [2.05, 4.69) is 0 Å². The summed E-state index contributed by atoms with van der Waals surface area (Å²) in [6.07, 6.45) is 0. The third-order valence-corrected chi connectivity index (χ3v) is 0. The molecule has 0 aliphatic carbocycles. The molecule has 0 aliphatic heterocycles. The van der Waals surface area contributed by atoms with Crippen molar-refractivity contribution in [2.75, 3.05) is 0 Å². The molecular weight excluding hydrogens is 108 g/mol. The standard InChI is InChI=1S/C2H6N2.Fe/c1-2(3)4;/h1H3,(H3,3,4);/q;+2. The van der Waals surface area contributed by atoms with E-state index in [0.717, 1.165) is 0 Å². The Morgan fingerprint density at radius 1 is 1.80 bits per heavy atom. The van der Waals surface area contributed by atoms with E-state index < -0.39 is 0 Å². The Morgan fingerprint density at radius 2 is 1.80 bits per heavy atom. The average molecular weight is 114 g/mol. The van der Waals surface area contributed by atoms with Gasteiger partial charge in [-0.3, -0.25) is 5.41 Å². The smallest absolute Gasteiger partial charge is 0.388 e. The molecule has 0 fully saturated rings. The molecule has 0 rings (SSSR count). The van der Waals surface area contributed by atoms with E-state index in [1.54, 1.807) is 0 Å². The number of rotatable bonds is 0. The van der Waals surface area contributed by atoms with Crippen molar-refractivity contribution in [2.24, 2.45) is 5.73 Å². The van der Waals surface area contributed by atoms with E-state index in [1.165, 1.54) is 6.92 Å². The van der Waals surface area contributed by atoms with Gasteiger partial charge in [-0.15, -0.1) is 0 Å². The molecule has 3 heteroatoms. The maximum absolute atomic E-state index is 6.28. The van der Waals surface area contributed by atoms with Crippen molar-refractivity contribution in [3.63, 3.8) is 0 Å². The summed E-state index contributed by atoms with van der Waals surface area (Å²) in [4.78, 5) is 0. The van der Waals surface area contributed by atoms with Gasteiger partial charge in [-0.2, -0.15) is 0 Å². The average Bonchev–Trinajstić information content (AvgIpc) is 0.811. The molecule has 0 spiro atoms. The first-order valence-corrected chi connectivity index (χ1v) is 1.04. The van der Waals surface area contributed by atoms with E-state index in [9.17, 15) is 0 Å². The maximum atomic E-state index is 6.28. The fourth-order valence-corrected chi connectivity index (χ4v) is 0. The van der Waals surface area contributed by atoms with Crippen LogP contribution in [0.5, 0.6) is 0 Å². The summed E-state index contributed by atoms with van der Waals surface area (Å²) in [6.45, 7) is 1.53. The van der Waals surface area contributed by atoms with Gasteiger partial charge < -0.3 is 5.73 Å². The predicted octanol–water partition coefficient (Wildman–Crippen LogP) is -0.0602. The van der Waals surface area contributed by atoms with E-state index in [1.807, 2.05) is 0 Å². The Morgan fingerprint density at radius 3 is 1.80 bits per heavy atom. The van der Waals surface area contributed by atoms with Gasteiger partial charge in [0.1, 0.15) is 0 Å². The maximum Gasteiger partial charge on any atom is 2.00 e. The number of amidine groups is 1. The normalized spacial score (nSPS) is 5.00. The minimum Gasteiger partial charge on any atom is -0.388 e. The van der Waals surface area contributed by atoms with Crippen molar-refractivity contribution in [3.8, 4) is 0 Å². The van der Waals surface area contributed by atoms with Gasteiger partial charge in [-0.1, -0.05) is 0 Å².